The predicted octanol–water partition coefficient (Wildman–Crippen LogP) is 4.72. The number of rotatable bonds is 2. The van der Waals surface area contributed by atoms with Crippen LogP contribution in [0.2, 0.25) is 0 Å². The predicted molar refractivity (Wildman–Crippen MR) is 152 cm³/mol. The van der Waals surface area contributed by atoms with Crippen LogP contribution in [0.25, 0.3) is 28.0 Å². The van der Waals surface area contributed by atoms with Crippen LogP contribution in [0.3, 0.4) is 0 Å². The van der Waals surface area contributed by atoms with E-state index in [0.29, 0.717) is 0 Å². The molecule has 0 fully saturated rings. The zero-order chi connectivity index (χ0) is 26.1. The Morgan fingerprint density at radius 2 is 1.59 bits per heavy atom. The van der Waals surface area contributed by atoms with Gasteiger partial charge in [-0.05, 0) is 37.1 Å². The summed E-state index contributed by atoms with van der Waals surface area (Å²) in [7, 11) is 2.01. The van der Waals surface area contributed by atoms with Crippen LogP contribution >= 0.6 is 0 Å². The number of imidazole rings is 1. The molecule has 39 heavy (non-hydrogen) atoms. The number of fused-ring (bicyclic) bond motifs is 2. The smallest absolute Gasteiger partial charge is 0.568 e. The van der Waals surface area contributed by atoms with E-state index in [1.54, 1.807) is 6.20 Å². The third kappa shape index (κ3) is 5.06. The van der Waals surface area contributed by atoms with E-state index in [0.717, 1.165) is 39.2 Å². The normalized spacial score (nSPS) is 11.4. The van der Waals surface area contributed by atoms with Crippen molar-refractivity contribution in [2.45, 2.75) is 13.8 Å². The molecule has 0 saturated carbocycles. The molecule has 4 nitrogen and oxygen atoms in total. The number of para-hydroxylation sites is 2. The maximum absolute atomic E-state index is 6.64. The van der Waals surface area contributed by atoms with Crippen molar-refractivity contribution >= 4 is 28.9 Å². The molecule has 4 aromatic carbocycles. The van der Waals surface area contributed by atoms with Gasteiger partial charge < -0.3 is 18.8 Å². The molecule has 7 rings (SSSR count). The third-order valence-electron chi connectivity index (χ3n) is 6.88. The van der Waals surface area contributed by atoms with Crippen molar-refractivity contribution in [3.8, 4) is 22.7 Å². The quantitative estimate of drug-likeness (QED) is 0.151. The van der Waals surface area contributed by atoms with Crippen LogP contribution in [0.15, 0.2) is 103 Å². The maximum Gasteiger partial charge on any atom is 3.00 e. The van der Waals surface area contributed by atoms with Gasteiger partial charge in [0.25, 0.3) is 0 Å². The molecule has 0 N–H and O–H groups in total. The molecular formula is C33H26BIrN3O+. The van der Waals surface area contributed by atoms with Crippen LogP contribution in [-0.2, 0) is 27.2 Å². The summed E-state index contributed by atoms with van der Waals surface area (Å²) in [5.74, 6) is 0.872. The van der Waals surface area contributed by atoms with E-state index in [9.17, 15) is 0 Å². The molecular weight excluding hydrogens is 657 g/mol. The maximum atomic E-state index is 6.64. The van der Waals surface area contributed by atoms with E-state index in [1.807, 2.05) is 78.3 Å². The number of aromatic nitrogens is 3. The van der Waals surface area contributed by atoms with Crippen LogP contribution in [0.5, 0.6) is 5.75 Å². The Kier molecular flexibility index (Phi) is 7.78. The van der Waals surface area contributed by atoms with Crippen molar-refractivity contribution in [2.75, 3.05) is 0 Å². The number of hydrogen-bond acceptors (Lipinski definition) is 2. The minimum absolute atomic E-state index is 0. The van der Waals surface area contributed by atoms with Gasteiger partial charge >= 0.3 is 27.0 Å². The summed E-state index contributed by atoms with van der Waals surface area (Å²) >= 11 is 0. The molecule has 0 amide bonds. The number of pyridine rings is 1. The van der Waals surface area contributed by atoms with Crippen LogP contribution in [0.4, 0.5) is 0 Å². The van der Waals surface area contributed by atoms with Gasteiger partial charge in [0, 0.05) is 6.20 Å². The second kappa shape index (κ2) is 11.4. The van der Waals surface area contributed by atoms with Gasteiger partial charge in [-0.15, -0.1) is 41.4 Å². The fraction of sp³-hybridized carbons (Fsp3) is 0.0909. The molecule has 1 aliphatic heterocycles. The van der Waals surface area contributed by atoms with Gasteiger partial charge in [-0.25, -0.2) is 0 Å². The van der Waals surface area contributed by atoms with Crippen molar-refractivity contribution in [3.05, 3.63) is 133 Å². The standard InChI is InChI=1S/C22H18BN2O.C11H8N.Ir/c1-15-8-6-9-16(2)21(15)23-17-10-4-5-11-18(17)25-14-24(3)19-12-7-13-20(26-23)22(19)25;1-2-6-10(7-3-1)11-8-4-5-9-12-11;/h4-10,12-13H,1-3H3;1-6,8-9H;/q2*-1;+3. The van der Waals surface area contributed by atoms with Gasteiger partial charge in [-0.1, -0.05) is 59.3 Å². The van der Waals surface area contributed by atoms with Crippen molar-refractivity contribution < 1.29 is 29.3 Å². The van der Waals surface area contributed by atoms with Gasteiger partial charge in [0.15, 0.2) is 0 Å². The first-order valence-corrected chi connectivity index (χ1v) is 12.7. The Morgan fingerprint density at radius 1 is 0.821 bits per heavy atom. The van der Waals surface area contributed by atoms with Gasteiger partial charge in [0.1, 0.15) is 0 Å². The Morgan fingerprint density at radius 3 is 2.33 bits per heavy atom. The average molecular weight is 684 g/mol. The van der Waals surface area contributed by atoms with E-state index in [2.05, 4.69) is 72.2 Å². The zero-order valence-electron chi connectivity index (χ0n) is 22.0. The molecule has 0 unspecified atom stereocenters. The van der Waals surface area contributed by atoms with E-state index in [4.69, 9.17) is 4.65 Å². The summed E-state index contributed by atoms with van der Waals surface area (Å²) in [6.07, 6.45) is 5.20. The minimum Gasteiger partial charge on any atom is -0.568 e. The van der Waals surface area contributed by atoms with Crippen molar-refractivity contribution in [3.63, 3.8) is 0 Å². The molecule has 3 heterocycles. The average Bonchev–Trinajstić information content (AvgIpc) is 3.23. The molecule has 1 aliphatic rings. The third-order valence-corrected chi connectivity index (χ3v) is 6.88. The first kappa shape index (κ1) is 26.6. The molecule has 6 aromatic rings. The van der Waals surface area contributed by atoms with E-state index >= 15 is 0 Å². The fourth-order valence-corrected chi connectivity index (χ4v) is 5.08. The second-order valence-corrected chi connectivity index (χ2v) is 9.39. The van der Waals surface area contributed by atoms with Gasteiger partial charge in [0.2, 0.25) is 6.33 Å². The summed E-state index contributed by atoms with van der Waals surface area (Å²) in [5, 5.41) is 0. The monoisotopic (exact) mass is 684 g/mol. The van der Waals surface area contributed by atoms with Crippen LogP contribution in [0.1, 0.15) is 11.1 Å². The summed E-state index contributed by atoms with van der Waals surface area (Å²) in [6, 6.07) is 38.9. The molecule has 0 bridgehead atoms. The molecule has 6 heteroatoms. The number of hydrogen-bond donors (Lipinski definition) is 0. The van der Waals surface area contributed by atoms with Crippen LogP contribution in [0, 0.1) is 32.3 Å². The second-order valence-electron chi connectivity index (χ2n) is 9.39. The molecule has 0 saturated heterocycles. The molecule has 190 valence electrons. The van der Waals surface area contributed by atoms with Gasteiger partial charge in [-0.3, -0.25) is 0 Å². The van der Waals surface area contributed by atoms with Gasteiger partial charge in [-0.2, -0.15) is 24.3 Å². The van der Waals surface area contributed by atoms with Crippen LogP contribution < -0.4 is 20.1 Å². The number of aryl methyl sites for hydroxylation is 3. The molecule has 0 radical (unpaired) electrons. The fourth-order valence-electron chi connectivity index (χ4n) is 5.08. The number of nitrogens with zero attached hydrogens (tertiary/aromatic N) is 3. The largest absolute Gasteiger partial charge is 3.00 e. The summed E-state index contributed by atoms with van der Waals surface area (Å²) in [6.45, 7) is 4.12. The Bertz CT molecular complexity index is 1680. The zero-order valence-corrected chi connectivity index (χ0v) is 24.4. The summed E-state index contributed by atoms with van der Waals surface area (Å²) in [5.41, 5.74) is 9.93. The number of benzene rings is 4. The first-order valence-electron chi connectivity index (χ1n) is 12.7. The first-order chi connectivity index (χ1) is 18.6. The Balaban J connectivity index is 0.000000200. The molecule has 0 spiro atoms. The van der Waals surface area contributed by atoms with E-state index in [-0.39, 0.29) is 27.0 Å². The van der Waals surface area contributed by atoms with Crippen molar-refractivity contribution in [2.24, 2.45) is 7.05 Å². The molecule has 2 aromatic heterocycles. The Labute approximate surface area is 243 Å². The van der Waals surface area contributed by atoms with E-state index in [1.165, 1.54) is 16.6 Å². The molecule has 0 atom stereocenters. The minimum atomic E-state index is -0.173. The SMILES string of the molecule is Cc1cccc(C)c1B1Oc2cccc3c2n([c-][n+]3C)-c2[c-]cccc21.[Ir+3].[c-]1ccccc1-c1ccccn1. The Hall–Kier alpha value is -3.99. The topological polar surface area (TPSA) is 30.9 Å². The van der Waals surface area contributed by atoms with Crippen molar-refractivity contribution in [1.29, 1.82) is 0 Å². The summed E-state index contributed by atoms with van der Waals surface area (Å²) < 4.78 is 10.7. The van der Waals surface area contributed by atoms with Crippen molar-refractivity contribution in [1.82, 2.24) is 9.55 Å². The van der Waals surface area contributed by atoms with E-state index < -0.39 is 0 Å². The summed E-state index contributed by atoms with van der Waals surface area (Å²) in [4.78, 5) is 4.22. The van der Waals surface area contributed by atoms with Crippen LogP contribution in [-0.4, -0.2) is 16.5 Å². The molecule has 0 aliphatic carbocycles. The van der Waals surface area contributed by atoms with Gasteiger partial charge in [0.05, 0.1) is 23.8 Å².